The fourth-order valence-electron chi connectivity index (χ4n) is 5.58. The first-order chi connectivity index (χ1) is 15.6. The minimum absolute atomic E-state index is 0.00171. The van der Waals surface area contributed by atoms with Gasteiger partial charge in [0.05, 0.1) is 19.2 Å². The van der Waals surface area contributed by atoms with Gasteiger partial charge in [0.25, 0.3) is 5.91 Å². The summed E-state index contributed by atoms with van der Waals surface area (Å²) in [6.45, 7) is 4.41. The van der Waals surface area contributed by atoms with E-state index in [1.807, 2.05) is 12.1 Å². The van der Waals surface area contributed by atoms with Crippen LogP contribution in [0.2, 0.25) is 0 Å². The summed E-state index contributed by atoms with van der Waals surface area (Å²) >= 11 is 0. The fourth-order valence-corrected chi connectivity index (χ4v) is 5.58. The number of benzene rings is 1. The van der Waals surface area contributed by atoms with Crippen molar-refractivity contribution >= 4 is 5.91 Å². The summed E-state index contributed by atoms with van der Waals surface area (Å²) in [6, 6.07) is 8.60. The Bertz CT molecular complexity index is 952. The Balaban J connectivity index is 1.28. The van der Waals surface area contributed by atoms with Gasteiger partial charge < -0.3 is 14.6 Å². The summed E-state index contributed by atoms with van der Waals surface area (Å²) in [7, 11) is 3.87. The van der Waals surface area contributed by atoms with E-state index in [4.69, 9.17) is 4.74 Å². The zero-order valence-electron chi connectivity index (χ0n) is 19.2. The Morgan fingerprint density at radius 2 is 1.94 bits per heavy atom. The second kappa shape index (κ2) is 8.83. The van der Waals surface area contributed by atoms with E-state index in [9.17, 15) is 4.79 Å². The van der Waals surface area contributed by atoms with Crippen LogP contribution in [0.4, 0.5) is 0 Å². The van der Waals surface area contributed by atoms with Crippen molar-refractivity contribution in [2.45, 2.75) is 69.7 Å². The molecule has 1 atom stereocenters. The lowest BCUT2D eigenvalue weighted by Gasteiger charge is -2.43. The molecule has 1 N–H and O–H groups in total. The van der Waals surface area contributed by atoms with Crippen molar-refractivity contribution in [3.63, 3.8) is 0 Å². The standard InChI is InChI=1S/C24H34N6O2/c1-28-15-21-26-27-22(23(31)25-19-6-4-3-5-7-19)30(21)17-24(28)12-13-29(16-24)14-18-8-10-20(32-2)11-9-18/h8-11,19H,3-7,12-17H2,1-2H3,(H,25,31)/t24-/m1/s1. The first-order valence-electron chi connectivity index (χ1n) is 11.9. The predicted octanol–water partition coefficient (Wildman–Crippen LogP) is 2.44. The molecule has 1 saturated carbocycles. The number of carbonyl (C=O) groups excluding carboxylic acids is 1. The zero-order valence-corrected chi connectivity index (χ0v) is 19.2. The molecular formula is C24H34N6O2. The maximum absolute atomic E-state index is 13.0. The van der Waals surface area contributed by atoms with Crippen molar-refractivity contribution in [2.75, 3.05) is 27.2 Å². The van der Waals surface area contributed by atoms with Gasteiger partial charge in [0.1, 0.15) is 11.6 Å². The SMILES string of the molecule is COc1ccc(CN2CC[C@@]3(C2)Cn2c(nnc2C(=O)NC2CCCCC2)CN3C)cc1. The van der Waals surface area contributed by atoms with Gasteiger partial charge in [0.15, 0.2) is 0 Å². The van der Waals surface area contributed by atoms with Crippen molar-refractivity contribution < 1.29 is 9.53 Å². The van der Waals surface area contributed by atoms with Crippen LogP contribution in [0.1, 0.15) is 60.5 Å². The lowest BCUT2D eigenvalue weighted by Crippen LogP contribution is -2.55. The monoisotopic (exact) mass is 438 g/mol. The second-order valence-corrected chi connectivity index (χ2v) is 9.72. The molecule has 3 aliphatic rings. The summed E-state index contributed by atoms with van der Waals surface area (Å²) in [5.41, 5.74) is 1.29. The van der Waals surface area contributed by atoms with Crippen LogP contribution in [0.3, 0.4) is 0 Å². The molecule has 0 radical (unpaired) electrons. The number of ether oxygens (including phenoxy) is 1. The first kappa shape index (κ1) is 21.4. The Kier molecular flexibility index (Phi) is 5.90. The molecule has 1 aliphatic carbocycles. The highest BCUT2D eigenvalue weighted by Gasteiger charge is 2.46. The molecule has 0 unspecified atom stereocenters. The molecule has 5 rings (SSSR count). The molecule has 172 valence electrons. The van der Waals surface area contributed by atoms with Crippen molar-refractivity contribution in [2.24, 2.45) is 0 Å². The van der Waals surface area contributed by atoms with Gasteiger partial charge in [-0.05, 0) is 44.0 Å². The molecule has 1 aromatic heterocycles. The van der Waals surface area contributed by atoms with Gasteiger partial charge in [0.2, 0.25) is 5.82 Å². The van der Waals surface area contributed by atoms with Crippen LogP contribution < -0.4 is 10.1 Å². The van der Waals surface area contributed by atoms with Gasteiger partial charge in [-0.15, -0.1) is 10.2 Å². The van der Waals surface area contributed by atoms with Crippen molar-refractivity contribution in [3.05, 3.63) is 41.5 Å². The molecule has 0 bridgehead atoms. The topological polar surface area (TPSA) is 75.5 Å². The fraction of sp³-hybridized carbons (Fsp3) is 0.625. The number of likely N-dealkylation sites (N-methyl/N-ethyl adjacent to an activating group) is 1. The minimum atomic E-state index is -0.0663. The molecule has 8 nitrogen and oxygen atoms in total. The molecule has 2 fully saturated rings. The number of hydrogen-bond acceptors (Lipinski definition) is 6. The van der Waals surface area contributed by atoms with E-state index in [1.165, 1.54) is 24.8 Å². The van der Waals surface area contributed by atoms with Crippen molar-refractivity contribution in [1.29, 1.82) is 0 Å². The van der Waals surface area contributed by atoms with Gasteiger partial charge in [-0.2, -0.15) is 0 Å². The number of likely N-dealkylation sites (tertiary alicyclic amines) is 1. The van der Waals surface area contributed by atoms with Crippen molar-refractivity contribution in [1.82, 2.24) is 29.9 Å². The number of aromatic nitrogens is 3. The molecule has 32 heavy (non-hydrogen) atoms. The number of rotatable bonds is 5. The van der Waals surface area contributed by atoms with E-state index >= 15 is 0 Å². The number of carbonyl (C=O) groups is 1. The largest absolute Gasteiger partial charge is 0.497 e. The van der Waals surface area contributed by atoms with Crippen LogP contribution >= 0.6 is 0 Å². The van der Waals surface area contributed by atoms with Crippen LogP contribution in [0.15, 0.2) is 24.3 Å². The van der Waals surface area contributed by atoms with Crippen LogP contribution in [-0.2, 0) is 19.6 Å². The zero-order chi connectivity index (χ0) is 22.1. The van der Waals surface area contributed by atoms with E-state index in [1.54, 1.807) is 7.11 Å². The third kappa shape index (κ3) is 4.13. The third-order valence-corrected chi connectivity index (χ3v) is 7.59. The van der Waals surface area contributed by atoms with Gasteiger partial charge in [-0.1, -0.05) is 31.4 Å². The number of amides is 1. The maximum atomic E-state index is 13.0. The highest BCUT2D eigenvalue weighted by molar-refractivity contribution is 5.91. The van der Waals surface area contributed by atoms with Crippen LogP contribution in [0.25, 0.3) is 0 Å². The van der Waals surface area contributed by atoms with E-state index in [2.05, 4.69) is 49.1 Å². The lowest BCUT2D eigenvalue weighted by molar-refractivity contribution is 0.0646. The summed E-state index contributed by atoms with van der Waals surface area (Å²) in [4.78, 5) is 17.9. The van der Waals surface area contributed by atoms with Crippen LogP contribution in [-0.4, -0.2) is 69.3 Å². The number of fused-ring (bicyclic) bond motifs is 1. The second-order valence-electron chi connectivity index (χ2n) is 9.72. The molecule has 1 aromatic carbocycles. The number of nitrogens with zero attached hydrogens (tertiary/aromatic N) is 5. The Morgan fingerprint density at radius 3 is 2.69 bits per heavy atom. The first-order valence-corrected chi connectivity index (χ1v) is 11.9. The third-order valence-electron chi connectivity index (χ3n) is 7.59. The highest BCUT2D eigenvalue weighted by atomic mass is 16.5. The number of methoxy groups -OCH3 is 1. The average Bonchev–Trinajstić information content (AvgIpc) is 3.40. The summed E-state index contributed by atoms with van der Waals surface area (Å²) in [5.74, 6) is 2.19. The Hall–Kier alpha value is -2.45. The normalized spacial score (nSPS) is 24.6. The molecule has 2 aliphatic heterocycles. The van der Waals surface area contributed by atoms with Crippen LogP contribution in [0.5, 0.6) is 5.75 Å². The molecular weight excluding hydrogens is 404 g/mol. The summed E-state index contributed by atoms with van der Waals surface area (Å²) in [6.07, 6.45) is 6.87. The minimum Gasteiger partial charge on any atom is -0.497 e. The van der Waals surface area contributed by atoms with Gasteiger partial charge >= 0.3 is 0 Å². The van der Waals surface area contributed by atoms with E-state index in [0.717, 1.165) is 63.6 Å². The molecule has 2 aromatic rings. The average molecular weight is 439 g/mol. The smallest absolute Gasteiger partial charge is 0.289 e. The number of nitrogens with one attached hydrogen (secondary N) is 1. The van der Waals surface area contributed by atoms with E-state index in [-0.39, 0.29) is 17.5 Å². The molecule has 1 amide bonds. The Morgan fingerprint density at radius 1 is 1.16 bits per heavy atom. The van der Waals surface area contributed by atoms with Gasteiger partial charge in [-0.3, -0.25) is 14.6 Å². The molecule has 1 spiro atoms. The molecule has 8 heteroatoms. The molecule has 1 saturated heterocycles. The summed E-state index contributed by atoms with van der Waals surface area (Å²) in [5, 5.41) is 11.9. The van der Waals surface area contributed by atoms with Gasteiger partial charge in [-0.25, -0.2) is 0 Å². The van der Waals surface area contributed by atoms with E-state index in [0.29, 0.717) is 5.82 Å². The Labute approximate surface area is 189 Å². The maximum Gasteiger partial charge on any atom is 0.289 e. The van der Waals surface area contributed by atoms with Gasteiger partial charge in [0, 0.05) is 32.2 Å². The lowest BCUT2D eigenvalue weighted by atomic mass is 9.94. The highest BCUT2D eigenvalue weighted by Crippen LogP contribution is 2.35. The van der Waals surface area contributed by atoms with E-state index < -0.39 is 0 Å². The van der Waals surface area contributed by atoms with Crippen LogP contribution in [0, 0.1) is 0 Å². The molecule has 3 heterocycles. The van der Waals surface area contributed by atoms with Crippen molar-refractivity contribution in [3.8, 4) is 5.75 Å². The quantitative estimate of drug-likeness (QED) is 0.773. The summed E-state index contributed by atoms with van der Waals surface area (Å²) < 4.78 is 7.36. The predicted molar refractivity (Wildman–Crippen MR) is 121 cm³/mol. The number of hydrogen-bond donors (Lipinski definition) is 1.